The molecule has 0 spiro atoms. The third-order valence-corrected chi connectivity index (χ3v) is 3.00. The lowest BCUT2D eigenvalue weighted by Gasteiger charge is -2.28. The number of nitrogens with zero attached hydrogens (tertiary/aromatic N) is 2. The lowest BCUT2D eigenvalue weighted by Crippen LogP contribution is -2.43. The van der Waals surface area contributed by atoms with E-state index in [0.717, 1.165) is 36.5 Å². The Morgan fingerprint density at radius 3 is 2.79 bits per heavy atom. The summed E-state index contributed by atoms with van der Waals surface area (Å²) in [4.78, 5) is 6.56. The second-order valence-electron chi connectivity index (χ2n) is 3.30. The third-order valence-electron chi connectivity index (χ3n) is 2.31. The number of piperazine rings is 1. The second kappa shape index (κ2) is 4.14. The van der Waals surface area contributed by atoms with Gasteiger partial charge in [-0.2, -0.15) is 0 Å². The van der Waals surface area contributed by atoms with Gasteiger partial charge in [0.2, 0.25) is 0 Å². The summed E-state index contributed by atoms with van der Waals surface area (Å²) in [6.45, 7) is 4.04. The van der Waals surface area contributed by atoms with Gasteiger partial charge < -0.3 is 16.0 Å². The van der Waals surface area contributed by atoms with Crippen LogP contribution in [0.2, 0.25) is 0 Å². The number of nitrogens with two attached hydrogens (primary N) is 1. The summed E-state index contributed by atoms with van der Waals surface area (Å²) in [7, 11) is 0. The van der Waals surface area contributed by atoms with Crippen LogP contribution in [0, 0.1) is 0 Å². The topological polar surface area (TPSA) is 54.2 Å². The molecular weight excluding hydrogens is 244 g/mol. The van der Waals surface area contributed by atoms with Crippen molar-refractivity contribution in [2.75, 3.05) is 36.8 Å². The summed E-state index contributed by atoms with van der Waals surface area (Å²) in [5, 5.41) is 3.30. The molecule has 0 aromatic carbocycles. The van der Waals surface area contributed by atoms with Crippen LogP contribution in [0.5, 0.6) is 0 Å². The van der Waals surface area contributed by atoms with Gasteiger partial charge in [0.1, 0.15) is 5.82 Å². The fraction of sp³-hybridized carbons (Fsp3) is 0.444. The van der Waals surface area contributed by atoms with Gasteiger partial charge in [-0.1, -0.05) is 0 Å². The number of halogens is 1. The number of anilines is 2. The summed E-state index contributed by atoms with van der Waals surface area (Å²) in [6, 6.07) is 1.97. The Kier molecular flexibility index (Phi) is 2.88. The van der Waals surface area contributed by atoms with Crippen LogP contribution >= 0.6 is 15.9 Å². The van der Waals surface area contributed by atoms with E-state index in [1.807, 2.05) is 6.07 Å². The highest BCUT2D eigenvalue weighted by Crippen LogP contribution is 2.23. The normalized spacial score (nSPS) is 17.1. The molecule has 1 saturated heterocycles. The van der Waals surface area contributed by atoms with Crippen LogP contribution in [0.25, 0.3) is 0 Å². The average molecular weight is 257 g/mol. The van der Waals surface area contributed by atoms with Crippen molar-refractivity contribution in [1.82, 2.24) is 10.3 Å². The first kappa shape index (κ1) is 9.73. The van der Waals surface area contributed by atoms with Crippen molar-refractivity contribution in [3.05, 3.63) is 16.7 Å². The second-order valence-corrected chi connectivity index (χ2v) is 4.16. The number of nitrogens with one attached hydrogen (secondary N) is 1. The molecule has 0 aliphatic carbocycles. The van der Waals surface area contributed by atoms with Crippen LogP contribution in [-0.2, 0) is 0 Å². The molecule has 1 aliphatic rings. The van der Waals surface area contributed by atoms with Gasteiger partial charge in [0.15, 0.2) is 0 Å². The maximum Gasteiger partial charge on any atom is 0.129 e. The minimum Gasteiger partial charge on any atom is -0.397 e. The number of rotatable bonds is 1. The van der Waals surface area contributed by atoms with Crippen LogP contribution in [0.4, 0.5) is 11.5 Å². The zero-order chi connectivity index (χ0) is 9.97. The van der Waals surface area contributed by atoms with Crippen LogP contribution in [0.15, 0.2) is 16.7 Å². The summed E-state index contributed by atoms with van der Waals surface area (Å²) >= 11 is 3.41. The number of hydrogen-bond acceptors (Lipinski definition) is 4. The highest BCUT2D eigenvalue weighted by atomic mass is 79.9. The monoisotopic (exact) mass is 256 g/mol. The van der Waals surface area contributed by atoms with E-state index in [1.54, 1.807) is 6.20 Å². The molecule has 1 aromatic heterocycles. The molecule has 0 unspecified atom stereocenters. The van der Waals surface area contributed by atoms with Gasteiger partial charge in [-0.05, 0) is 22.0 Å². The zero-order valence-electron chi connectivity index (χ0n) is 7.83. The molecule has 3 N–H and O–H groups in total. The van der Waals surface area contributed by atoms with E-state index in [0.29, 0.717) is 5.69 Å². The van der Waals surface area contributed by atoms with Gasteiger partial charge in [-0.25, -0.2) is 4.98 Å². The molecular formula is C9H13BrN4. The van der Waals surface area contributed by atoms with Crippen molar-refractivity contribution in [2.45, 2.75) is 0 Å². The van der Waals surface area contributed by atoms with Gasteiger partial charge in [0.05, 0.1) is 11.9 Å². The zero-order valence-corrected chi connectivity index (χ0v) is 9.42. The first-order valence-electron chi connectivity index (χ1n) is 4.64. The minimum atomic E-state index is 0.684. The van der Waals surface area contributed by atoms with Crippen LogP contribution < -0.4 is 16.0 Å². The van der Waals surface area contributed by atoms with E-state index in [4.69, 9.17) is 5.73 Å². The smallest absolute Gasteiger partial charge is 0.129 e. The molecule has 1 aromatic rings. The number of hydrogen-bond donors (Lipinski definition) is 2. The fourth-order valence-electron chi connectivity index (χ4n) is 1.50. The maximum absolute atomic E-state index is 5.68. The fourth-order valence-corrected chi connectivity index (χ4v) is 1.81. The quantitative estimate of drug-likeness (QED) is 0.782. The predicted molar refractivity (Wildman–Crippen MR) is 61.4 cm³/mol. The molecule has 1 aliphatic heterocycles. The summed E-state index contributed by atoms with van der Waals surface area (Å²) < 4.78 is 0.918. The molecule has 0 radical (unpaired) electrons. The number of nitrogen functional groups attached to an aromatic ring is 1. The van der Waals surface area contributed by atoms with Crippen LogP contribution in [0.3, 0.4) is 0 Å². The van der Waals surface area contributed by atoms with Crippen LogP contribution in [-0.4, -0.2) is 31.2 Å². The van der Waals surface area contributed by atoms with Gasteiger partial charge in [-0.3, -0.25) is 0 Å². The van der Waals surface area contributed by atoms with Crippen molar-refractivity contribution in [1.29, 1.82) is 0 Å². The molecule has 4 nitrogen and oxygen atoms in total. The van der Waals surface area contributed by atoms with E-state index in [9.17, 15) is 0 Å². The van der Waals surface area contributed by atoms with E-state index in [2.05, 4.69) is 31.1 Å². The van der Waals surface area contributed by atoms with Crippen LogP contribution in [0.1, 0.15) is 0 Å². The Labute approximate surface area is 91.6 Å². The number of pyridine rings is 1. The predicted octanol–water partition coefficient (Wildman–Crippen LogP) is 0.836. The molecule has 0 atom stereocenters. The molecule has 1 fully saturated rings. The van der Waals surface area contributed by atoms with E-state index < -0.39 is 0 Å². The van der Waals surface area contributed by atoms with Crippen molar-refractivity contribution in [3.8, 4) is 0 Å². The standard InChI is InChI=1S/C9H13BrN4/c10-7-5-9(13-6-8(7)11)14-3-1-12-2-4-14/h5-6,12H,1-4,11H2. The van der Waals surface area contributed by atoms with E-state index >= 15 is 0 Å². The lowest BCUT2D eigenvalue weighted by molar-refractivity contribution is 0.585. The van der Waals surface area contributed by atoms with Gasteiger partial charge in [0, 0.05) is 30.7 Å². The van der Waals surface area contributed by atoms with Crippen molar-refractivity contribution in [2.24, 2.45) is 0 Å². The molecule has 0 amide bonds. The Morgan fingerprint density at radius 1 is 1.43 bits per heavy atom. The van der Waals surface area contributed by atoms with Crippen molar-refractivity contribution >= 4 is 27.4 Å². The largest absolute Gasteiger partial charge is 0.397 e. The highest BCUT2D eigenvalue weighted by Gasteiger charge is 2.12. The lowest BCUT2D eigenvalue weighted by atomic mass is 10.3. The van der Waals surface area contributed by atoms with Crippen molar-refractivity contribution < 1.29 is 0 Å². The van der Waals surface area contributed by atoms with Gasteiger partial charge >= 0.3 is 0 Å². The first-order valence-corrected chi connectivity index (χ1v) is 5.43. The van der Waals surface area contributed by atoms with E-state index in [-0.39, 0.29) is 0 Å². The number of aromatic nitrogens is 1. The average Bonchev–Trinajstić information content (AvgIpc) is 2.23. The SMILES string of the molecule is Nc1cnc(N2CCNCC2)cc1Br. The Balaban J connectivity index is 2.18. The Hall–Kier alpha value is -0.810. The summed E-state index contributed by atoms with van der Waals surface area (Å²) in [6.07, 6.45) is 1.70. The molecule has 2 rings (SSSR count). The van der Waals surface area contributed by atoms with Gasteiger partial charge in [0.25, 0.3) is 0 Å². The van der Waals surface area contributed by atoms with Crippen molar-refractivity contribution in [3.63, 3.8) is 0 Å². The molecule has 14 heavy (non-hydrogen) atoms. The molecule has 76 valence electrons. The molecule has 5 heteroatoms. The van der Waals surface area contributed by atoms with E-state index in [1.165, 1.54) is 0 Å². The minimum absolute atomic E-state index is 0.684. The first-order chi connectivity index (χ1) is 6.77. The molecule has 0 saturated carbocycles. The maximum atomic E-state index is 5.68. The summed E-state index contributed by atoms with van der Waals surface area (Å²) in [5.41, 5.74) is 6.36. The molecule has 2 heterocycles. The van der Waals surface area contributed by atoms with Gasteiger partial charge in [-0.15, -0.1) is 0 Å². The Morgan fingerprint density at radius 2 is 2.14 bits per heavy atom. The molecule has 0 bridgehead atoms. The highest BCUT2D eigenvalue weighted by molar-refractivity contribution is 9.10. The third kappa shape index (κ3) is 1.99. The Bertz CT molecular complexity index is 323. The summed E-state index contributed by atoms with van der Waals surface area (Å²) in [5.74, 6) is 0.993.